The lowest BCUT2D eigenvalue weighted by Gasteiger charge is -2.10. The quantitative estimate of drug-likeness (QED) is 0.176. The number of H-pyrrole nitrogens is 1. The minimum absolute atomic E-state index is 0.0397. The van der Waals surface area contributed by atoms with E-state index >= 15 is 0 Å². The molecule has 3 rings (SSSR count). The molecule has 0 saturated carbocycles. The van der Waals surface area contributed by atoms with E-state index in [0.717, 1.165) is 18.2 Å². The number of aromatic nitrogens is 2. The number of benzene rings is 1. The average molecular weight is 431 g/mol. The smallest absolute Gasteiger partial charge is 0.330 e. The zero-order chi connectivity index (χ0) is 21.7. The lowest BCUT2D eigenvalue weighted by molar-refractivity contribution is -0.134. The third-order valence-electron chi connectivity index (χ3n) is 4.22. The van der Waals surface area contributed by atoms with E-state index in [1.165, 1.54) is 49.7 Å². The zero-order valence-corrected chi connectivity index (χ0v) is 17.1. The van der Waals surface area contributed by atoms with Crippen LogP contribution in [0.3, 0.4) is 0 Å². The normalized spacial score (nSPS) is 11.2. The first-order valence-electron chi connectivity index (χ1n) is 9.10. The number of aromatic amines is 1. The Morgan fingerprint density at radius 1 is 1.33 bits per heavy atom. The van der Waals surface area contributed by atoms with Crippen LogP contribution in [-0.4, -0.2) is 34.6 Å². The van der Waals surface area contributed by atoms with Crippen LogP contribution in [0.4, 0.5) is 14.5 Å². The van der Waals surface area contributed by atoms with Crippen LogP contribution in [0.1, 0.15) is 34.8 Å². The molecule has 0 bridgehead atoms. The van der Waals surface area contributed by atoms with E-state index in [1.54, 1.807) is 6.07 Å². The van der Waals surface area contributed by atoms with E-state index in [1.807, 2.05) is 6.92 Å². The van der Waals surface area contributed by atoms with Crippen molar-refractivity contribution in [3.05, 3.63) is 65.0 Å². The number of ketones is 1. The van der Waals surface area contributed by atoms with Crippen molar-refractivity contribution in [3.8, 4) is 0 Å². The van der Waals surface area contributed by atoms with Gasteiger partial charge in [0.1, 0.15) is 11.5 Å². The molecule has 0 aliphatic heterocycles. The third-order valence-corrected chi connectivity index (χ3v) is 5.19. The molecule has 1 aromatic carbocycles. The molecule has 9 heteroatoms. The highest BCUT2D eigenvalue weighted by atomic mass is 32.2. The monoisotopic (exact) mass is 431 g/mol. The molecule has 156 valence electrons. The summed E-state index contributed by atoms with van der Waals surface area (Å²) < 4.78 is 36.7. The van der Waals surface area contributed by atoms with Crippen molar-refractivity contribution in [2.45, 2.75) is 13.3 Å². The molecule has 2 aromatic heterocycles. The van der Waals surface area contributed by atoms with Crippen LogP contribution in [0.2, 0.25) is 0 Å². The van der Waals surface area contributed by atoms with Crippen LogP contribution in [0.15, 0.2) is 36.7 Å². The number of nitrogens with one attached hydrogen (secondary N) is 2. The zero-order valence-electron chi connectivity index (χ0n) is 16.3. The van der Waals surface area contributed by atoms with Gasteiger partial charge in [0.2, 0.25) is 5.78 Å². The first-order valence-corrected chi connectivity index (χ1v) is 10.1. The third kappa shape index (κ3) is 4.51. The molecule has 30 heavy (non-hydrogen) atoms. The van der Waals surface area contributed by atoms with Gasteiger partial charge in [-0.25, -0.2) is 18.6 Å². The standard InChI is InChI=1S/C21H19F2N3O3S/c1-3-8-30-26-16-6-5-15(22)18(19(16)23)20(28)14-11-25-21-13(14)9-12(10-24-21)4-7-17(27)29-2/h4-7,9-11,26H,3,8H2,1-2H3,(H,24,25)/b7-4+. The number of carbonyl (C=O) groups excluding carboxylic acids is 2. The van der Waals surface area contributed by atoms with Crippen LogP contribution in [-0.2, 0) is 9.53 Å². The van der Waals surface area contributed by atoms with Gasteiger partial charge in [-0.15, -0.1) is 0 Å². The predicted octanol–water partition coefficient (Wildman–Crippen LogP) is 4.73. The van der Waals surface area contributed by atoms with E-state index < -0.39 is 29.0 Å². The maximum Gasteiger partial charge on any atom is 0.330 e. The first kappa shape index (κ1) is 21.5. The highest BCUT2D eigenvalue weighted by Gasteiger charge is 2.24. The van der Waals surface area contributed by atoms with Gasteiger partial charge >= 0.3 is 5.97 Å². The van der Waals surface area contributed by atoms with Gasteiger partial charge in [0.25, 0.3) is 0 Å². The van der Waals surface area contributed by atoms with Crippen molar-refractivity contribution >= 4 is 46.5 Å². The van der Waals surface area contributed by atoms with E-state index in [2.05, 4.69) is 19.4 Å². The summed E-state index contributed by atoms with van der Waals surface area (Å²) in [7, 11) is 1.25. The number of rotatable bonds is 8. The largest absolute Gasteiger partial charge is 0.466 e. The Balaban J connectivity index is 1.99. The predicted molar refractivity (Wildman–Crippen MR) is 113 cm³/mol. The van der Waals surface area contributed by atoms with Crippen molar-refractivity contribution in [2.24, 2.45) is 0 Å². The molecule has 0 atom stereocenters. The minimum atomic E-state index is -0.951. The topological polar surface area (TPSA) is 84.1 Å². The Morgan fingerprint density at radius 3 is 2.87 bits per heavy atom. The molecule has 6 nitrogen and oxygen atoms in total. The second-order valence-electron chi connectivity index (χ2n) is 6.29. The molecule has 0 unspecified atom stereocenters. The molecule has 2 N–H and O–H groups in total. The van der Waals surface area contributed by atoms with Crippen LogP contribution >= 0.6 is 11.9 Å². The maximum atomic E-state index is 14.9. The number of methoxy groups -OCH3 is 1. The number of esters is 1. The molecular weight excluding hydrogens is 412 g/mol. The molecule has 0 amide bonds. The van der Waals surface area contributed by atoms with Gasteiger partial charge in [-0.05, 0) is 36.3 Å². The van der Waals surface area contributed by atoms with Crippen LogP contribution < -0.4 is 4.72 Å². The van der Waals surface area contributed by atoms with E-state index in [-0.39, 0.29) is 11.3 Å². The number of carbonyl (C=O) groups is 2. The molecule has 0 aliphatic rings. The second kappa shape index (κ2) is 9.53. The summed E-state index contributed by atoms with van der Waals surface area (Å²) >= 11 is 1.27. The lowest BCUT2D eigenvalue weighted by atomic mass is 10.0. The van der Waals surface area contributed by atoms with E-state index in [9.17, 15) is 18.4 Å². The summed E-state index contributed by atoms with van der Waals surface area (Å²) in [5, 5.41) is 0.379. The van der Waals surface area contributed by atoms with Gasteiger partial charge < -0.3 is 14.4 Å². The molecule has 2 heterocycles. The van der Waals surface area contributed by atoms with Gasteiger partial charge in [-0.2, -0.15) is 0 Å². The van der Waals surface area contributed by atoms with Gasteiger partial charge in [0, 0.05) is 35.2 Å². The lowest BCUT2D eigenvalue weighted by Crippen LogP contribution is -2.09. The number of hydrogen-bond acceptors (Lipinski definition) is 6. The van der Waals surface area contributed by atoms with E-state index in [4.69, 9.17) is 0 Å². The maximum absolute atomic E-state index is 14.9. The molecule has 0 aliphatic carbocycles. The molecule has 0 fully saturated rings. The van der Waals surface area contributed by atoms with Crippen molar-refractivity contribution in [2.75, 3.05) is 17.6 Å². The van der Waals surface area contributed by atoms with Gasteiger partial charge in [-0.3, -0.25) is 4.79 Å². The number of halogens is 2. The Kier molecular flexibility index (Phi) is 6.83. The SMILES string of the molecule is CCCSNc1ccc(F)c(C(=O)c2c[nH]c3ncc(/C=C/C(=O)OC)cc23)c1F. The van der Waals surface area contributed by atoms with Crippen molar-refractivity contribution < 1.29 is 23.1 Å². The van der Waals surface area contributed by atoms with Gasteiger partial charge in [0.05, 0.1) is 18.4 Å². The number of pyridine rings is 1. The second-order valence-corrected chi connectivity index (χ2v) is 7.19. The van der Waals surface area contributed by atoms with E-state index in [0.29, 0.717) is 16.6 Å². The summed E-state index contributed by atoms with van der Waals surface area (Å²) in [6, 6.07) is 3.92. The summed E-state index contributed by atoms with van der Waals surface area (Å²) in [6.45, 7) is 1.98. The molecule has 3 aromatic rings. The van der Waals surface area contributed by atoms with Gasteiger partial charge in [-0.1, -0.05) is 18.9 Å². The van der Waals surface area contributed by atoms with Crippen molar-refractivity contribution in [3.63, 3.8) is 0 Å². The van der Waals surface area contributed by atoms with Crippen molar-refractivity contribution in [1.82, 2.24) is 9.97 Å². The average Bonchev–Trinajstić information content (AvgIpc) is 3.17. The highest BCUT2D eigenvalue weighted by Crippen LogP contribution is 2.28. The fourth-order valence-corrected chi connectivity index (χ4v) is 3.36. The first-order chi connectivity index (χ1) is 14.5. The van der Waals surface area contributed by atoms with Gasteiger partial charge in [0.15, 0.2) is 5.82 Å². The summed E-state index contributed by atoms with van der Waals surface area (Å²) in [5.74, 6) is -2.53. The Morgan fingerprint density at radius 2 is 2.13 bits per heavy atom. The number of ether oxygens (including phenoxy) is 1. The molecule has 0 radical (unpaired) electrons. The Hall–Kier alpha value is -3.20. The number of fused-ring (bicyclic) bond motifs is 1. The molecule has 0 spiro atoms. The number of nitrogens with zero attached hydrogens (tertiary/aromatic N) is 1. The van der Waals surface area contributed by atoms with Crippen LogP contribution in [0, 0.1) is 11.6 Å². The van der Waals surface area contributed by atoms with Crippen LogP contribution in [0.5, 0.6) is 0 Å². The minimum Gasteiger partial charge on any atom is -0.466 e. The summed E-state index contributed by atoms with van der Waals surface area (Å²) in [6.07, 6.45) is 6.40. The molecular formula is C21H19F2N3O3S. The summed E-state index contributed by atoms with van der Waals surface area (Å²) in [5.41, 5.74) is 0.365. The fraction of sp³-hybridized carbons (Fsp3) is 0.190. The van der Waals surface area contributed by atoms with Crippen molar-refractivity contribution in [1.29, 1.82) is 0 Å². The highest BCUT2D eigenvalue weighted by molar-refractivity contribution is 8.00. The number of anilines is 1. The van der Waals surface area contributed by atoms with Crippen LogP contribution in [0.25, 0.3) is 17.1 Å². The fourth-order valence-electron chi connectivity index (χ4n) is 2.74. The summed E-state index contributed by atoms with van der Waals surface area (Å²) in [4.78, 5) is 31.3. The Bertz CT molecular complexity index is 1130. The Labute approximate surface area is 175 Å². The number of hydrogen-bond donors (Lipinski definition) is 2. The molecule has 0 saturated heterocycles.